The van der Waals surface area contributed by atoms with Crippen molar-refractivity contribution in [3.8, 4) is 11.5 Å². The van der Waals surface area contributed by atoms with E-state index in [0.717, 1.165) is 0 Å². The van der Waals surface area contributed by atoms with Gasteiger partial charge < -0.3 is 20.2 Å². The molecular formula is C11H13NO5. The number of benzene rings is 1. The van der Waals surface area contributed by atoms with E-state index in [1.807, 2.05) is 0 Å². The zero-order valence-corrected chi connectivity index (χ0v) is 9.25. The molecule has 0 bridgehead atoms. The summed E-state index contributed by atoms with van der Waals surface area (Å²) in [4.78, 5) is 23.3. The molecule has 1 aromatic rings. The Morgan fingerprint density at radius 3 is 2.53 bits per heavy atom. The van der Waals surface area contributed by atoms with Crippen molar-refractivity contribution in [3.63, 3.8) is 0 Å². The van der Waals surface area contributed by atoms with Crippen molar-refractivity contribution in [2.24, 2.45) is 0 Å². The van der Waals surface area contributed by atoms with Gasteiger partial charge in [0, 0.05) is 13.6 Å². The zero-order chi connectivity index (χ0) is 13.0. The molecule has 0 unspecified atom stereocenters. The molecule has 1 aromatic carbocycles. The van der Waals surface area contributed by atoms with Crippen molar-refractivity contribution in [2.45, 2.75) is 6.42 Å². The number of carbonyl (C=O) groups is 2. The Bertz CT molecular complexity index is 443. The van der Waals surface area contributed by atoms with E-state index < -0.39 is 17.6 Å². The molecule has 0 aliphatic heterocycles. The Morgan fingerprint density at radius 2 is 1.94 bits per heavy atom. The molecule has 0 saturated heterocycles. The highest BCUT2D eigenvalue weighted by molar-refractivity contribution is 5.97. The van der Waals surface area contributed by atoms with Crippen LogP contribution in [0.4, 0.5) is 0 Å². The quantitative estimate of drug-likeness (QED) is 0.670. The largest absolute Gasteiger partial charge is 0.504 e. The Morgan fingerprint density at radius 1 is 1.29 bits per heavy atom. The van der Waals surface area contributed by atoms with E-state index in [-0.39, 0.29) is 24.3 Å². The molecule has 0 heterocycles. The molecule has 0 aromatic heterocycles. The summed E-state index contributed by atoms with van der Waals surface area (Å²) in [5.74, 6) is -2.44. The van der Waals surface area contributed by atoms with E-state index in [0.29, 0.717) is 0 Å². The van der Waals surface area contributed by atoms with Crippen LogP contribution in [-0.2, 0) is 4.79 Å². The summed E-state index contributed by atoms with van der Waals surface area (Å²) in [7, 11) is 1.43. The maximum absolute atomic E-state index is 11.8. The third-order valence-corrected chi connectivity index (χ3v) is 2.25. The van der Waals surface area contributed by atoms with Crippen LogP contribution < -0.4 is 0 Å². The van der Waals surface area contributed by atoms with Gasteiger partial charge in [-0.2, -0.15) is 0 Å². The van der Waals surface area contributed by atoms with Gasteiger partial charge in [0.05, 0.1) is 12.0 Å². The van der Waals surface area contributed by atoms with Gasteiger partial charge in [-0.25, -0.2) is 0 Å². The number of carbonyl (C=O) groups excluding carboxylic acids is 1. The topological polar surface area (TPSA) is 98.1 Å². The van der Waals surface area contributed by atoms with Crippen LogP contribution in [-0.4, -0.2) is 45.7 Å². The molecule has 0 spiro atoms. The SMILES string of the molecule is CN(CCC(=O)O)C(=O)c1cccc(O)c1O. The second-order valence-electron chi connectivity index (χ2n) is 3.54. The molecular weight excluding hydrogens is 226 g/mol. The van der Waals surface area contributed by atoms with Crippen LogP contribution >= 0.6 is 0 Å². The number of aliphatic carboxylic acids is 1. The van der Waals surface area contributed by atoms with Crippen LogP contribution in [0.2, 0.25) is 0 Å². The number of para-hydroxylation sites is 1. The average Bonchev–Trinajstić information content (AvgIpc) is 2.28. The van der Waals surface area contributed by atoms with Gasteiger partial charge in [-0.05, 0) is 12.1 Å². The van der Waals surface area contributed by atoms with Crippen molar-refractivity contribution in [1.29, 1.82) is 0 Å². The highest BCUT2D eigenvalue weighted by Gasteiger charge is 2.18. The number of rotatable bonds is 4. The lowest BCUT2D eigenvalue weighted by Crippen LogP contribution is -2.29. The number of carboxylic acid groups (broad SMARTS) is 1. The molecule has 6 heteroatoms. The van der Waals surface area contributed by atoms with Gasteiger partial charge in [0.25, 0.3) is 5.91 Å². The Kier molecular flexibility index (Phi) is 3.92. The maximum atomic E-state index is 11.8. The minimum Gasteiger partial charge on any atom is -0.504 e. The van der Waals surface area contributed by atoms with Crippen molar-refractivity contribution in [3.05, 3.63) is 23.8 Å². The minimum atomic E-state index is -1.01. The first-order valence-electron chi connectivity index (χ1n) is 4.91. The van der Waals surface area contributed by atoms with Gasteiger partial charge in [0.2, 0.25) is 0 Å². The summed E-state index contributed by atoms with van der Waals surface area (Å²) < 4.78 is 0. The van der Waals surface area contributed by atoms with Gasteiger partial charge in [-0.15, -0.1) is 0 Å². The van der Waals surface area contributed by atoms with Crippen molar-refractivity contribution in [2.75, 3.05) is 13.6 Å². The summed E-state index contributed by atoms with van der Waals surface area (Å²) in [5, 5.41) is 27.2. The maximum Gasteiger partial charge on any atom is 0.305 e. The van der Waals surface area contributed by atoms with E-state index in [9.17, 15) is 19.8 Å². The summed E-state index contributed by atoms with van der Waals surface area (Å²) in [5.41, 5.74) is -0.0575. The molecule has 0 fully saturated rings. The van der Waals surface area contributed by atoms with Gasteiger partial charge in [-0.3, -0.25) is 9.59 Å². The molecule has 0 saturated carbocycles. The highest BCUT2D eigenvalue weighted by atomic mass is 16.4. The smallest absolute Gasteiger partial charge is 0.305 e. The van der Waals surface area contributed by atoms with E-state index >= 15 is 0 Å². The molecule has 6 nitrogen and oxygen atoms in total. The lowest BCUT2D eigenvalue weighted by atomic mass is 10.1. The van der Waals surface area contributed by atoms with E-state index in [1.54, 1.807) is 0 Å². The molecule has 0 aliphatic carbocycles. The monoisotopic (exact) mass is 239 g/mol. The number of phenols is 2. The molecule has 17 heavy (non-hydrogen) atoms. The highest BCUT2D eigenvalue weighted by Crippen LogP contribution is 2.28. The Labute approximate surface area is 97.7 Å². The predicted molar refractivity (Wildman–Crippen MR) is 59.0 cm³/mol. The molecule has 0 aliphatic rings. The van der Waals surface area contributed by atoms with E-state index in [2.05, 4.69) is 0 Å². The predicted octanol–water partition coefficient (Wildman–Crippen LogP) is 0.644. The first kappa shape index (κ1) is 12.8. The van der Waals surface area contributed by atoms with Gasteiger partial charge in [-0.1, -0.05) is 6.07 Å². The number of hydrogen-bond acceptors (Lipinski definition) is 4. The molecule has 92 valence electrons. The third-order valence-electron chi connectivity index (χ3n) is 2.25. The molecule has 0 radical (unpaired) electrons. The van der Waals surface area contributed by atoms with Crippen LogP contribution in [0.3, 0.4) is 0 Å². The standard InChI is InChI=1S/C11H13NO5/c1-12(6-5-9(14)15)11(17)7-3-2-4-8(13)10(7)16/h2-4,13,16H,5-6H2,1H3,(H,14,15). The fraction of sp³-hybridized carbons (Fsp3) is 0.273. The molecule has 3 N–H and O–H groups in total. The van der Waals surface area contributed by atoms with Crippen molar-refractivity contribution < 1.29 is 24.9 Å². The fourth-order valence-corrected chi connectivity index (χ4v) is 1.27. The summed E-state index contributed by atoms with van der Waals surface area (Å²) in [6, 6.07) is 4.03. The lowest BCUT2D eigenvalue weighted by Gasteiger charge is -2.16. The number of carboxylic acids is 1. The zero-order valence-electron chi connectivity index (χ0n) is 9.25. The van der Waals surface area contributed by atoms with E-state index in [1.165, 1.54) is 30.1 Å². The fourth-order valence-electron chi connectivity index (χ4n) is 1.27. The first-order valence-corrected chi connectivity index (χ1v) is 4.91. The minimum absolute atomic E-state index is 0.0310. The summed E-state index contributed by atoms with van der Waals surface area (Å²) in [6.07, 6.45) is -0.179. The van der Waals surface area contributed by atoms with Crippen LogP contribution in [0.25, 0.3) is 0 Å². The number of nitrogens with zero attached hydrogens (tertiary/aromatic N) is 1. The second-order valence-corrected chi connectivity index (χ2v) is 3.54. The Hall–Kier alpha value is -2.24. The van der Waals surface area contributed by atoms with Crippen LogP contribution in [0.5, 0.6) is 11.5 Å². The molecule has 1 amide bonds. The van der Waals surface area contributed by atoms with Gasteiger partial charge >= 0.3 is 5.97 Å². The van der Waals surface area contributed by atoms with Crippen LogP contribution in [0.1, 0.15) is 16.8 Å². The Balaban J connectivity index is 2.82. The van der Waals surface area contributed by atoms with Crippen LogP contribution in [0, 0.1) is 0 Å². The van der Waals surface area contributed by atoms with E-state index in [4.69, 9.17) is 5.11 Å². The lowest BCUT2D eigenvalue weighted by molar-refractivity contribution is -0.137. The second kappa shape index (κ2) is 5.20. The van der Waals surface area contributed by atoms with Gasteiger partial charge in [0.15, 0.2) is 11.5 Å². The first-order chi connectivity index (χ1) is 7.93. The molecule has 0 atom stereocenters. The number of phenolic OH excluding ortho intramolecular Hbond substituents is 2. The number of hydrogen-bond donors (Lipinski definition) is 3. The van der Waals surface area contributed by atoms with Crippen molar-refractivity contribution in [1.82, 2.24) is 4.90 Å². The van der Waals surface area contributed by atoms with Gasteiger partial charge in [0.1, 0.15) is 0 Å². The molecule has 1 rings (SSSR count). The van der Waals surface area contributed by atoms with Crippen molar-refractivity contribution >= 4 is 11.9 Å². The number of aromatic hydroxyl groups is 2. The summed E-state index contributed by atoms with van der Waals surface area (Å²) in [6.45, 7) is 0.0310. The summed E-state index contributed by atoms with van der Waals surface area (Å²) >= 11 is 0. The number of amides is 1. The average molecular weight is 239 g/mol. The normalized spacial score (nSPS) is 9.94. The third kappa shape index (κ3) is 3.10. The van der Waals surface area contributed by atoms with Crippen LogP contribution in [0.15, 0.2) is 18.2 Å².